The molecular formula is C18H17N3O2S. The highest BCUT2D eigenvalue weighted by Gasteiger charge is 2.33. The topological polar surface area (TPSA) is 50.9 Å². The molecule has 3 aromatic rings. The van der Waals surface area contributed by atoms with E-state index in [2.05, 4.69) is 4.98 Å². The number of rotatable bonds is 4. The van der Waals surface area contributed by atoms with Crippen molar-refractivity contribution in [2.24, 2.45) is 5.10 Å². The Morgan fingerprint density at radius 1 is 1.25 bits per heavy atom. The Labute approximate surface area is 144 Å². The number of nitrogens with zero attached hydrogens (tertiary/aromatic N) is 3. The SMILES string of the molecule is COc1ccc(C2=NN(c3nc(C)cs3)[C@H](c3ccco3)C2)cc1. The van der Waals surface area contributed by atoms with E-state index in [-0.39, 0.29) is 6.04 Å². The van der Waals surface area contributed by atoms with Gasteiger partial charge < -0.3 is 9.15 Å². The molecule has 0 N–H and O–H groups in total. The van der Waals surface area contributed by atoms with Crippen molar-refractivity contribution >= 4 is 22.2 Å². The van der Waals surface area contributed by atoms with Crippen LogP contribution in [0.5, 0.6) is 5.75 Å². The Kier molecular flexibility index (Phi) is 3.82. The Hall–Kier alpha value is -2.60. The van der Waals surface area contributed by atoms with Crippen molar-refractivity contribution in [2.45, 2.75) is 19.4 Å². The summed E-state index contributed by atoms with van der Waals surface area (Å²) < 4.78 is 10.9. The van der Waals surface area contributed by atoms with E-state index in [1.807, 2.05) is 53.7 Å². The number of ether oxygens (including phenoxy) is 1. The van der Waals surface area contributed by atoms with Crippen LogP contribution in [0.15, 0.2) is 57.6 Å². The molecule has 3 heterocycles. The first-order valence-corrected chi connectivity index (χ1v) is 8.59. The molecule has 0 bridgehead atoms. The van der Waals surface area contributed by atoms with Gasteiger partial charge in [0.25, 0.3) is 0 Å². The van der Waals surface area contributed by atoms with Crippen molar-refractivity contribution in [1.82, 2.24) is 4.98 Å². The molecule has 1 aromatic carbocycles. The molecule has 1 aliphatic rings. The number of thiazole rings is 1. The standard InChI is InChI=1S/C18H17N3O2S/c1-12-11-24-18(19-12)21-16(17-4-3-9-23-17)10-15(20-21)13-5-7-14(22-2)8-6-13/h3-9,11,16H,10H2,1-2H3/t16-/m0/s1. The molecule has 0 amide bonds. The fourth-order valence-corrected chi connectivity index (χ4v) is 3.60. The lowest BCUT2D eigenvalue weighted by Gasteiger charge is -2.18. The summed E-state index contributed by atoms with van der Waals surface area (Å²) >= 11 is 1.60. The van der Waals surface area contributed by atoms with Crippen LogP contribution in [0.25, 0.3) is 0 Å². The fraction of sp³-hybridized carbons (Fsp3) is 0.222. The van der Waals surface area contributed by atoms with E-state index in [1.54, 1.807) is 24.7 Å². The van der Waals surface area contributed by atoms with Crippen LogP contribution < -0.4 is 9.75 Å². The number of aryl methyl sites for hydroxylation is 1. The Bertz CT molecular complexity index is 853. The predicted octanol–water partition coefficient (Wildman–Crippen LogP) is 4.41. The number of furan rings is 1. The van der Waals surface area contributed by atoms with Crippen LogP contribution in [-0.2, 0) is 0 Å². The van der Waals surface area contributed by atoms with E-state index in [1.165, 1.54) is 0 Å². The summed E-state index contributed by atoms with van der Waals surface area (Å²) in [4.78, 5) is 4.58. The van der Waals surface area contributed by atoms with Crippen LogP contribution in [0.1, 0.15) is 29.5 Å². The maximum atomic E-state index is 5.64. The highest BCUT2D eigenvalue weighted by atomic mass is 32.1. The first-order chi connectivity index (χ1) is 11.7. The predicted molar refractivity (Wildman–Crippen MR) is 94.9 cm³/mol. The van der Waals surface area contributed by atoms with E-state index in [4.69, 9.17) is 14.3 Å². The fourth-order valence-electron chi connectivity index (χ4n) is 2.79. The minimum absolute atomic E-state index is 0.0302. The second-order valence-electron chi connectivity index (χ2n) is 5.63. The van der Waals surface area contributed by atoms with Crippen molar-refractivity contribution in [1.29, 1.82) is 0 Å². The van der Waals surface area contributed by atoms with Gasteiger partial charge in [-0.2, -0.15) is 5.10 Å². The van der Waals surface area contributed by atoms with Crippen LogP contribution >= 0.6 is 11.3 Å². The van der Waals surface area contributed by atoms with Gasteiger partial charge in [0, 0.05) is 11.8 Å². The summed E-state index contributed by atoms with van der Waals surface area (Å²) in [5.41, 5.74) is 3.11. The zero-order valence-electron chi connectivity index (χ0n) is 13.5. The summed E-state index contributed by atoms with van der Waals surface area (Å²) in [6, 6.07) is 11.9. The van der Waals surface area contributed by atoms with E-state index in [0.29, 0.717) is 0 Å². The van der Waals surface area contributed by atoms with Gasteiger partial charge in [-0.1, -0.05) is 0 Å². The van der Waals surface area contributed by atoms with Gasteiger partial charge in [-0.05, 0) is 48.9 Å². The number of benzene rings is 1. The maximum Gasteiger partial charge on any atom is 0.206 e. The smallest absolute Gasteiger partial charge is 0.206 e. The number of anilines is 1. The molecule has 122 valence electrons. The Morgan fingerprint density at radius 3 is 2.71 bits per heavy atom. The van der Waals surface area contributed by atoms with Crippen molar-refractivity contribution in [2.75, 3.05) is 12.1 Å². The average molecular weight is 339 g/mol. The van der Waals surface area contributed by atoms with E-state index < -0.39 is 0 Å². The molecule has 0 saturated heterocycles. The number of hydrazone groups is 1. The third kappa shape index (κ3) is 2.69. The van der Waals surface area contributed by atoms with Gasteiger partial charge >= 0.3 is 0 Å². The van der Waals surface area contributed by atoms with Gasteiger partial charge in [-0.15, -0.1) is 11.3 Å². The van der Waals surface area contributed by atoms with Crippen LogP contribution in [0.3, 0.4) is 0 Å². The van der Waals surface area contributed by atoms with Gasteiger partial charge in [0.15, 0.2) is 0 Å². The summed E-state index contributed by atoms with van der Waals surface area (Å²) in [5, 5.41) is 9.72. The lowest BCUT2D eigenvalue weighted by atomic mass is 10.0. The van der Waals surface area contributed by atoms with Crippen molar-refractivity contribution < 1.29 is 9.15 Å². The highest BCUT2D eigenvalue weighted by molar-refractivity contribution is 7.13. The number of aromatic nitrogens is 1. The van der Waals surface area contributed by atoms with Crippen LogP contribution in [0, 0.1) is 6.92 Å². The van der Waals surface area contributed by atoms with E-state index in [0.717, 1.165) is 40.0 Å². The molecule has 6 heteroatoms. The molecule has 24 heavy (non-hydrogen) atoms. The normalized spacial score (nSPS) is 17.2. The molecule has 2 aromatic heterocycles. The largest absolute Gasteiger partial charge is 0.497 e. The lowest BCUT2D eigenvalue weighted by molar-refractivity contribution is 0.415. The molecule has 1 aliphatic heterocycles. The molecule has 0 unspecified atom stereocenters. The number of hydrogen-bond donors (Lipinski definition) is 0. The van der Waals surface area contributed by atoms with E-state index >= 15 is 0 Å². The molecule has 0 aliphatic carbocycles. The van der Waals surface area contributed by atoms with Gasteiger partial charge in [0.1, 0.15) is 17.6 Å². The molecule has 0 radical (unpaired) electrons. The molecule has 5 nitrogen and oxygen atoms in total. The Balaban J connectivity index is 1.70. The van der Waals surface area contributed by atoms with Crippen molar-refractivity contribution in [3.05, 3.63) is 65.1 Å². The maximum absolute atomic E-state index is 5.64. The summed E-state index contributed by atoms with van der Waals surface area (Å²) in [6.07, 6.45) is 2.48. The lowest BCUT2D eigenvalue weighted by Crippen LogP contribution is -2.17. The summed E-state index contributed by atoms with van der Waals surface area (Å²) in [7, 11) is 1.67. The zero-order valence-corrected chi connectivity index (χ0v) is 14.3. The third-order valence-electron chi connectivity index (χ3n) is 4.01. The second-order valence-corrected chi connectivity index (χ2v) is 6.46. The van der Waals surface area contributed by atoms with Gasteiger partial charge in [0.05, 0.1) is 24.8 Å². The molecular weight excluding hydrogens is 322 g/mol. The number of methoxy groups -OCH3 is 1. The highest BCUT2D eigenvalue weighted by Crippen LogP contribution is 2.38. The molecule has 0 spiro atoms. The van der Waals surface area contributed by atoms with E-state index in [9.17, 15) is 0 Å². The third-order valence-corrected chi connectivity index (χ3v) is 4.96. The molecule has 1 atom stereocenters. The molecule has 0 saturated carbocycles. The van der Waals surface area contributed by atoms with Crippen molar-refractivity contribution in [3.63, 3.8) is 0 Å². The average Bonchev–Trinajstić information content (AvgIpc) is 3.34. The monoisotopic (exact) mass is 339 g/mol. The van der Waals surface area contributed by atoms with Crippen LogP contribution in [0.2, 0.25) is 0 Å². The minimum atomic E-state index is 0.0302. The molecule has 0 fully saturated rings. The second kappa shape index (κ2) is 6.13. The summed E-state index contributed by atoms with van der Waals surface area (Å²) in [5.74, 6) is 1.74. The van der Waals surface area contributed by atoms with Crippen LogP contribution in [-0.4, -0.2) is 17.8 Å². The van der Waals surface area contributed by atoms with Crippen LogP contribution in [0.4, 0.5) is 5.13 Å². The minimum Gasteiger partial charge on any atom is -0.497 e. The van der Waals surface area contributed by atoms with Gasteiger partial charge in [-0.25, -0.2) is 9.99 Å². The molecule has 4 rings (SSSR count). The van der Waals surface area contributed by atoms with Gasteiger partial charge in [-0.3, -0.25) is 0 Å². The zero-order chi connectivity index (χ0) is 16.5. The number of hydrogen-bond acceptors (Lipinski definition) is 6. The first kappa shape index (κ1) is 15.0. The summed E-state index contributed by atoms with van der Waals surface area (Å²) in [6.45, 7) is 1.99. The van der Waals surface area contributed by atoms with Gasteiger partial charge in [0.2, 0.25) is 5.13 Å². The quantitative estimate of drug-likeness (QED) is 0.706. The first-order valence-electron chi connectivity index (χ1n) is 7.71. The van der Waals surface area contributed by atoms with Crippen molar-refractivity contribution in [3.8, 4) is 5.75 Å². The Morgan fingerprint density at radius 2 is 2.08 bits per heavy atom.